The molecule has 0 saturated heterocycles. The summed E-state index contributed by atoms with van der Waals surface area (Å²) in [6, 6.07) is 2.04. The minimum Gasteiger partial charge on any atom is -0.377 e. The van der Waals surface area contributed by atoms with Gasteiger partial charge in [0.05, 0.1) is 12.1 Å². The number of aryl methyl sites for hydroxylation is 1. The lowest BCUT2D eigenvalue weighted by atomic mass is 9.76. The molecule has 1 aliphatic rings. The molecule has 1 aromatic heterocycles. The number of ketones is 1. The SMILES string of the molecule is COC(C)(C)Cn1c(C)cc2c1CC(C)(C)CC2=O. The first-order valence-electron chi connectivity index (χ1n) is 6.93. The summed E-state index contributed by atoms with van der Waals surface area (Å²) in [4.78, 5) is 12.3. The second kappa shape index (κ2) is 4.48. The van der Waals surface area contributed by atoms with Crippen molar-refractivity contribution in [2.75, 3.05) is 7.11 Å². The third-order valence-electron chi connectivity index (χ3n) is 4.09. The van der Waals surface area contributed by atoms with E-state index < -0.39 is 0 Å². The number of carbonyl (C=O) groups excluding carboxylic acids is 1. The van der Waals surface area contributed by atoms with E-state index in [0.717, 1.165) is 24.2 Å². The van der Waals surface area contributed by atoms with Crippen LogP contribution in [0.15, 0.2) is 6.07 Å². The van der Waals surface area contributed by atoms with Crippen molar-refractivity contribution in [3.8, 4) is 0 Å². The molecule has 0 bridgehead atoms. The van der Waals surface area contributed by atoms with Crippen molar-refractivity contribution in [1.29, 1.82) is 0 Å². The maximum absolute atomic E-state index is 12.3. The average Bonchev–Trinajstić information content (AvgIpc) is 2.56. The zero-order chi connectivity index (χ0) is 14.4. The Labute approximate surface area is 115 Å². The van der Waals surface area contributed by atoms with Crippen LogP contribution in [0.5, 0.6) is 0 Å². The first-order valence-corrected chi connectivity index (χ1v) is 6.93. The molecule has 0 atom stereocenters. The lowest BCUT2D eigenvalue weighted by Crippen LogP contribution is -2.33. The Morgan fingerprint density at radius 3 is 2.58 bits per heavy atom. The smallest absolute Gasteiger partial charge is 0.165 e. The van der Waals surface area contributed by atoms with Crippen LogP contribution in [0.4, 0.5) is 0 Å². The molecule has 3 heteroatoms. The Kier molecular flexibility index (Phi) is 3.38. The number of Topliss-reactive ketones (excluding diaryl/α,β-unsaturated/α-hetero) is 1. The predicted molar refractivity (Wildman–Crippen MR) is 76.7 cm³/mol. The van der Waals surface area contributed by atoms with Crippen molar-refractivity contribution in [2.24, 2.45) is 5.41 Å². The fraction of sp³-hybridized carbons (Fsp3) is 0.688. The highest BCUT2D eigenvalue weighted by molar-refractivity contribution is 5.99. The molecule has 3 nitrogen and oxygen atoms in total. The predicted octanol–water partition coefficient (Wildman–Crippen LogP) is 3.38. The second-order valence-electron chi connectivity index (χ2n) is 7.14. The summed E-state index contributed by atoms with van der Waals surface area (Å²) in [6.45, 7) is 11.4. The quantitative estimate of drug-likeness (QED) is 0.837. The fourth-order valence-electron chi connectivity index (χ4n) is 2.87. The molecular formula is C16H25NO2. The van der Waals surface area contributed by atoms with Gasteiger partial charge in [-0.2, -0.15) is 0 Å². The molecule has 0 amide bonds. The number of ether oxygens (including phenoxy) is 1. The van der Waals surface area contributed by atoms with Gasteiger partial charge in [-0.05, 0) is 38.7 Å². The van der Waals surface area contributed by atoms with Crippen LogP contribution in [0.2, 0.25) is 0 Å². The number of hydrogen-bond acceptors (Lipinski definition) is 2. The van der Waals surface area contributed by atoms with Gasteiger partial charge in [0.25, 0.3) is 0 Å². The van der Waals surface area contributed by atoms with Gasteiger partial charge in [-0.25, -0.2) is 0 Å². The van der Waals surface area contributed by atoms with Gasteiger partial charge in [0.2, 0.25) is 0 Å². The molecule has 0 N–H and O–H groups in total. The van der Waals surface area contributed by atoms with Gasteiger partial charge in [-0.15, -0.1) is 0 Å². The van der Waals surface area contributed by atoms with Gasteiger partial charge in [0, 0.05) is 30.5 Å². The highest BCUT2D eigenvalue weighted by atomic mass is 16.5. The van der Waals surface area contributed by atoms with E-state index in [0.29, 0.717) is 6.42 Å². The van der Waals surface area contributed by atoms with Crippen LogP contribution in [0, 0.1) is 12.3 Å². The molecule has 1 aromatic rings. The first-order chi connectivity index (χ1) is 8.65. The van der Waals surface area contributed by atoms with E-state index in [1.807, 2.05) is 6.07 Å². The summed E-state index contributed by atoms with van der Waals surface area (Å²) >= 11 is 0. The third kappa shape index (κ3) is 2.76. The average molecular weight is 263 g/mol. The zero-order valence-corrected chi connectivity index (χ0v) is 13.0. The Hall–Kier alpha value is -1.09. The lowest BCUT2D eigenvalue weighted by Gasteiger charge is -2.32. The van der Waals surface area contributed by atoms with E-state index in [1.54, 1.807) is 7.11 Å². The number of hydrogen-bond donors (Lipinski definition) is 0. The largest absolute Gasteiger partial charge is 0.377 e. The van der Waals surface area contributed by atoms with Crippen molar-refractivity contribution in [3.05, 3.63) is 23.0 Å². The number of methoxy groups -OCH3 is 1. The van der Waals surface area contributed by atoms with E-state index >= 15 is 0 Å². The van der Waals surface area contributed by atoms with Crippen LogP contribution in [0.25, 0.3) is 0 Å². The van der Waals surface area contributed by atoms with Crippen LogP contribution < -0.4 is 0 Å². The molecule has 0 saturated carbocycles. The Morgan fingerprint density at radius 2 is 2.00 bits per heavy atom. The summed E-state index contributed by atoms with van der Waals surface area (Å²) in [5, 5.41) is 0. The van der Waals surface area contributed by atoms with Crippen LogP contribution in [0.1, 0.15) is 55.9 Å². The number of carbonyl (C=O) groups is 1. The van der Waals surface area contributed by atoms with Crippen molar-refractivity contribution in [2.45, 2.75) is 59.6 Å². The van der Waals surface area contributed by atoms with Gasteiger partial charge in [0.1, 0.15) is 0 Å². The zero-order valence-electron chi connectivity index (χ0n) is 13.0. The normalized spacial score (nSPS) is 18.5. The molecule has 0 aliphatic heterocycles. The van der Waals surface area contributed by atoms with Crippen molar-refractivity contribution in [3.63, 3.8) is 0 Å². The first kappa shape index (κ1) is 14.3. The molecular weight excluding hydrogens is 238 g/mol. The van der Waals surface area contributed by atoms with E-state index in [4.69, 9.17) is 4.74 Å². The molecule has 0 spiro atoms. The Bertz CT molecular complexity index is 509. The second-order valence-corrected chi connectivity index (χ2v) is 7.14. The lowest BCUT2D eigenvalue weighted by molar-refractivity contribution is 0.00683. The van der Waals surface area contributed by atoms with Gasteiger partial charge >= 0.3 is 0 Å². The molecule has 19 heavy (non-hydrogen) atoms. The summed E-state index contributed by atoms with van der Waals surface area (Å²) in [6.07, 6.45) is 1.61. The monoisotopic (exact) mass is 263 g/mol. The Balaban J connectivity index is 2.45. The number of aromatic nitrogens is 1. The van der Waals surface area contributed by atoms with E-state index in [1.165, 1.54) is 5.69 Å². The molecule has 1 heterocycles. The minimum atomic E-state index is -0.220. The highest BCUT2D eigenvalue weighted by Crippen LogP contribution is 2.36. The maximum atomic E-state index is 12.3. The molecule has 0 unspecified atom stereocenters. The van der Waals surface area contributed by atoms with E-state index in [2.05, 4.69) is 39.2 Å². The van der Waals surface area contributed by atoms with Crippen molar-refractivity contribution in [1.82, 2.24) is 4.57 Å². The van der Waals surface area contributed by atoms with Gasteiger partial charge < -0.3 is 9.30 Å². The third-order valence-corrected chi connectivity index (χ3v) is 4.09. The molecule has 106 valence electrons. The van der Waals surface area contributed by atoms with Gasteiger partial charge in [-0.3, -0.25) is 4.79 Å². The Morgan fingerprint density at radius 1 is 1.37 bits per heavy atom. The van der Waals surface area contributed by atoms with Gasteiger partial charge in [-0.1, -0.05) is 13.8 Å². The molecule has 2 rings (SSSR count). The van der Waals surface area contributed by atoms with E-state index in [9.17, 15) is 4.79 Å². The van der Waals surface area contributed by atoms with Crippen molar-refractivity contribution < 1.29 is 9.53 Å². The summed E-state index contributed by atoms with van der Waals surface area (Å²) < 4.78 is 7.79. The molecule has 0 fully saturated rings. The number of rotatable bonds is 3. The van der Waals surface area contributed by atoms with Crippen LogP contribution >= 0.6 is 0 Å². The standard InChI is InChI=1S/C16H25NO2/c1-11-7-12-13(8-15(2,3)9-14(12)18)17(11)10-16(4,5)19-6/h7H,8-10H2,1-6H3. The van der Waals surface area contributed by atoms with Crippen LogP contribution in [-0.4, -0.2) is 23.1 Å². The number of fused-ring (bicyclic) bond motifs is 1. The van der Waals surface area contributed by atoms with Crippen LogP contribution in [-0.2, 0) is 17.7 Å². The highest BCUT2D eigenvalue weighted by Gasteiger charge is 2.34. The summed E-state index contributed by atoms with van der Waals surface area (Å²) in [5.41, 5.74) is 3.10. The van der Waals surface area contributed by atoms with E-state index in [-0.39, 0.29) is 16.8 Å². The molecule has 0 aromatic carbocycles. The summed E-state index contributed by atoms with van der Waals surface area (Å²) in [5.74, 6) is 0.281. The van der Waals surface area contributed by atoms with Crippen molar-refractivity contribution >= 4 is 5.78 Å². The topological polar surface area (TPSA) is 31.2 Å². The van der Waals surface area contributed by atoms with Crippen LogP contribution in [0.3, 0.4) is 0 Å². The number of nitrogens with zero attached hydrogens (tertiary/aromatic N) is 1. The van der Waals surface area contributed by atoms with Gasteiger partial charge in [0.15, 0.2) is 5.78 Å². The maximum Gasteiger partial charge on any atom is 0.165 e. The molecule has 1 aliphatic carbocycles. The fourth-order valence-corrected chi connectivity index (χ4v) is 2.87. The minimum absolute atomic E-state index is 0.0594. The molecule has 0 radical (unpaired) electrons. The summed E-state index contributed by atoms with van der Waals surface area (Å²) in [7, 11) is 1.74.